The van der Waals surface area contributed by atoms with Crippen molar-refractivity contribution in [1.82, 2.24) is 4.98 Å². The highest BCUT2D eigenvalue weighted by Gasteiger charge is 2.17. The van der Waals surface area contributed by atoms with Gasteiger partial charge in [-0.3, -0.25) is 4.98 Å². The van der Waals surface area contributed by atoms with E-state index in [1.54, 1.807) is 7.11 Å². The summed E-state index contributed by atoms with van der Waals surface area (Å²) in [6.07, 6.45) is 1.07. The molecule has 0 saturated heterocycles. The van der Waals surface area contributed by atoms with Gasteiger partial charge < -0.3 is 10.1 Å². The van der Waals surface area contributed by atoms with Crippen molar-refractivity contribution in [2.45, 2.75) is 40.0 Å². The molecule has 1 aromatic heterocycles. The topological polar surface area (TPSA) is 34.2 Å². The first-order valence-electron chi connectivity index (χ1n) is 7.41. The number of anilines is 1. The van der Waals surface area contributed by atoms with Crippen LogP contribution in [-0.4, -0.2) is 18.6 Å². The Morgan fingerprint density at radius 3 is 2.62 bits per heavy atom. The monoisotopic (exact) mass is 306 g/mol. The molecule has 0 aliphatic rings. The predicted molar refractivity (Wildman–Crippen MR) is 90.9 cm³/mol. The molecule has 4 heteroatoms. The number of halogens is 1. The maximum atomic E-state index is 6.30. The van der Waals surface area contributed by atoms with Crippen LogP contribution in [0.2, 0.25) is 5.02 Å². The Balaban J connectivity index is 2.76. The van der Waals surface area contributed by atoms with E-state index < -0.39 is 0 Å². The van der Waals surface area contributed by atoms with Gasteiger partial charge in [0.05, 0.1) is 17.6 Å². The molecule has 0 saturated carbocycles. The fraction of sp³-hybridized carbons (Fsp3) is 0.471. The van der Waals surface area contributed by atoms with Crippen molar-refractivity contribution >= 4 is 28.2 Å². The summed E-state index contributed by atoms with van der Waals surface area (Å²) in [7, 11) is 1.62. The molecule has 3 nitrogen and oxygen atoms in total. The molecule has 114 valence electrons. The molecule has 0 radical (unpaired) electrons. The smallest absolute Gasteiger partial charge is 0.139 e. The highest BCUT2D eigenvalue weighted by atomic mass is 35.5. The fourth-order valence-electron chi connectivity index (χ4n) is 2.71. The lowest BCUT2D eigenvalue weighted by Gasteiger charge is -2.20. The van der Waals surface area contributed by atoms with Crippen molar-refractivity contribution in [2.75, 3.05) is 19.0 Å². The first-order chi connectivity index (χ1) is 9.99. The predicted octanol–water partition coefficient (Wildman–Crippen LogP) is 5.15. The van der Waals surface area contributed by atoms with Crippen LogP contribution in [0.3, 0.4) is 0 Å². The minimum atomic E-state index is 0.405. The van der Waals surface area contributed by atoms with E-state index in [0.717, 1.165) is 35.2 Å². The highest BCUT2D eigenvalue weighted by molar-refractivity contribution is 6.33. The number of fused-ring (bicyclic) bond motifs is 1. The molecule has 21 heavy (non-hydrogen) atoms. The van der Waals surface area contributed by atoms with Crippen molar-refractivity contribution in [3.63, 3.8) is 0 Å². The summed E-state index contributed by atoms with van der Waals surface area (Å²) in [5.41, 5.74) is 4.38. The molecule has 0 atom stereocenters. The largest absolute Gasteiger partial charge is 0.495 e. The van der Waals surface area contributed by atoms with Gasteiger partial charge in [-0.1, -0.05) is 32.4 Å². The van der Waals surface area contributed by atoms with Gasteiger partial charge in [-0.15, -0.1) is 0 Å². The number of ether oxygens (including phenoxy) is 1. The van der Waals surface area contributed by atoms with Crippen LogP contribution in [-0.2, 0) is 0 Å². The lowest BCUT2D eigenvalue weighted by Crippen LogP contribution is -2.08. The Morgan fingerprint density at radius 2 is 2.05 bits per heavy atom. The molecule has 0 fully saturated rings. The van der Waals surface area contributed by atoms with E-state index in [0.29, 0.717) is 16.7 Å². The van der Waals surface area contributed by atoms with Gasteiger partial charge in [-0.2, -0.15) is 0 Å². The third-order valence-corrected chi connectivity index (χ3v) is 3.91. The minimum absolute atomic E-state index is 0.405. The second-order valence-corrected chi connectivity index (χ2v) is 5.98. The van der Waals surface area contributed by atoms with Crippen LogP contribution in [0.15, 0.2) is 12.1 Å². The number of nitrogens with one attached hydrogen (secondary N) is 1. The number of hydrogen-bond acceptors (Lipinski definition) is 3. The lowest BCUT2D eigenvalue weighted by molar-refractivity contribution is 0.415. The van der Waals surface area contributed by atoms with E-state index in [4.69, 9.17) is 21.3 Å². The van der Waals surface area contributed by atoms with Crippen LogP contribution in [0.25, 0.3) is 10.9 Å². The minimum Gasteiger partial charge on any atom is -0.495 e. The van der Waals surface area contributed by atoms with Gasteiger partial charge >= 0.3 is 0 Å². The van der Waals surface area contributed by atoms with Crippen molar-refractivity contribution in [2.24, 2.45) is 0 Å². The number of methoxy groups -OCH3 is 1. The maximum Gasteiger partial charge on any atom is 0.139 e. The van der Waals surface area contributed by atoms with Crippen LogP contribution >= 0.6 is 11.6 Å². The van der Waals surface area contributed by atoms with E-state index >= 15 is 0 Å². The molecule has 0 bridgehead atoms. The Morgan fingerprint density at radius 1 is 1.33 bits per heavy atom. The molecular formula is C17H23ClN2O. The zero-order valence-corrected chi connectivity index (χ0v) is 14.1. The highest BCUT2D eigenvalue weighted by Crippen LogP contribution is 2.37. The maximum absolute atomic E-state index is 6.30. The summed E-state index contributed by atoms with van der Waals surface area (Å²) in [5.74, 6) is 1.07. The van der Waals surface area contributed by atoms with Gasteiger partial charge in [0.25, 0.3) is 0 Å². The number of aryl methyl sites for hydroxylation is 1. The summed E-state index contributed by atoms with van der Waals surface area (Å²) in [4.78, 5) is 4.74. The Bertz CT molecular complexity index is 653. The van der Waals surface area contributed by atoms with Gasteiger partial charge in [0.2, 0.25) is 0 Å². The zero-order valence-electron chi connectivity index (χ0n) is 13.4. The van der Waals surface area contributed by atoms with Gasteiger partial charge in [0.15, 0.2) is 0 Å². The molecule has 0 unspecified atom stereocenters. The molecule has 0 aliphatic heterocycles. The fourth-order valence-corrected chi connectivity index (χ4v) is 2.95. The average molecular weight is 307 g/mol. The third-order valence-electron chi connectivity index (χ3n) is 3.62. The van der Waals surface area contributed by atoms with Crippen LogP contribution in [0.1, 0.15) is 44.4 Å². The van der Waals surface area contributed by atoms with E-state index in [-0.39, 0.29) is 0 Å². The number of pyridine rings is 1. The van der Waals surface area contributed by atoms with Crippen molar-refractivity contribution in [3.8, 4) is 5.75 Å². The molecule has 0 amide bonds. The number of nitrogens with zero attached hydrogens (tertiary/aromatic N) is 1. The number of aromatic nitrogens is 1. The second kappa shape index (κ2) is 6.52. The normalized spacial score (nSPS) is 11.2. The van der Waals surface area contributed by atoms with E-state index in [2.05, 4.69) is 33.0 Å². The zero-order chi connectivity index (χ0) is 15.6. The summed E-state index contributed by atoms with van der Waals surface area (Å²) in [5, 5.41) is 5.23. The van der Waals surface area contributed by atoms with E-state index in [1.165, 1.54) is 5.56 Å². The number of benzene rings is 1. The Kier molecular flexibility index (Phi) is 4.94. The van der Waals surface area contributed by atoms with Crippen molar-refractivity contribution < 1.29 is 4.74 Å². The second-order valence-electron chi connectivity index (χ2n) is 5.57. The summed E-state index contributed by atoms with van der Waals surface area (Å²) in [6.45, 7) is 9.54. The SMILES string of the molecule is CCCNc1c(C(C)C)c(C)nc2cc(OC)c(Cl)cc12. The lowest BCUT2D eigenvalue weighted by atomic mass is 9.96. The van der Waals surface area contributed by atoms with E-state index in [9.17, 15) is 0 Å². The average Bonchev–Trinajstić information content (AvgIpc) is 2.43. The summed E-state index contributed by atoms with van der Waals surface area (Å²) in [6, 6.07) is 3.86. The molecule has 0 spiro atoms. The van der Waals surface area contributed by atoms with Crippen LogP contribution < -0.4 is 10.1 Å². The standard InChI is InChI=1S/C17H23ClN2O/c1-6-7-19-17-12-8-13(18)15(21-5)9-14(12)20-11(4)16(17)10(2)3/h8-10H,6-7H2,1-5H3,(H,19,20). The Labute approximate surface area is 131 Å². The molecular weight excluding hydrogens is 284 g/mol. The van der Waals surface area contributed by atoms with E-state index in [1.807, 2.05) is 12.1 Å². The van der Waals surface area contributed by atoms with Crippen LogP contribution in [0, 0.1) is 6.92 Å². The van der Waals surface area contributed by atoms with Crippen molar-refractivity contribution in [3.05, 3.63) is 28.4 Å². The molecule has 1 aromatic carbocycles. The quantitative estimate of drug-likeness (QED) is 0.829. The first kappa shape index (κ1) is 15.9. The van der Waals surface area contributed by atoms with Crippen LogP contribution in [0.5, 0.6) is 5.75 Å². The van der Waals surface area contributed by atoms with Crippen LogP contribution in [0.4, 0.5) is 5.69 Å². The molecule has 1 N–H and O–H groups in total. The number of hydrogen-bond donors (Lipinski definition) is 1. The molecule has 2 aromatic rings. The van der Waals surface area contributed by atoms with Gasteiger partial charge in [0.1, 0.15) is 5.75 Å². The van der Waals surface area contributed by atoms with Crippen molar-refractivity contribution in [1.29, 1.82) is 0 Å². The Hall–Kier alpha value is -1.48. The first-order valence-corrected chi connectivity index (χ1v) is 7.79. The molecule has 1 heterocycles. The molecule has 0 aliphatic carbocycles. The third kappa shape index (κ3) is 3.08. The number of rotatable bonds is 5. The summed E-state index contributed by atoms with van der Waals surface area (Å²) >= 11 is 6.30. The van der Waals surface area contributed by atoms with Gasteiger partial charge in [0, 0.05) is 29.4 Å². The van der Waals surface area contributed by atoms with Gasteiger partial charge in [-0.25, -0.2) is 0 Å². The molecule has 2 rings (SSSR count). The summed E-state index contributed by atoms with van der Waals surface area (Å²) < 4.78 is 5.30. The van der Waals surface area contributed by atoms with Gasteiger partial charge in [-0.05, 0) is 30.9 Å².